The zero-order valence-corrected chi connectivity index (χ0v) is 8.05. The van der Waals surface area contributed by atoms with Crippen molar-refractivity contribution >= 4 is 16.7 Å². The first-order valence-corrected chi connectivity index (χ1v) is 4.65. The Balaban J connectivity index is 2.65. The second-order valence-electron chi connectivity index (χ2n) is 3.37. The maximum atomic E-state index is 10.9. The fraction of sp³-hybridized carbons (Fsp3) is 0.0833. The third kappa shape index (κ3) is 1.69. The number of hydrogen-bond acceptors (Lipinski definition) is 2. The van der Waals surface area contributed by atoms with Crippen LogP contribution in [0.25, 0.3) is 10.8 Å². The zero-order valence-electron chi connectivity index (χ0n) is 8.05. The standard InChI is InChI=1S/C12H11NO2/c13-12(15)11(14)10-7-3-5-8-4-1-2-6-9(8)10/h1-7,11,14H,(H2,13,15). The number of nitrogens with two attached hydrogens (primary N) is 1. The van der Waals surface area contributed by atoms with Crippen molar-refractivity contribution in [3.8, 4) is 0 Å². The van der Waals surface area contributed by atoms with Gasteiger partial charge in [-0.3, -0.25) is 4.79 Å². The molecule has 0 aromatic heterocycles. The molecule has 0 aliphatic carbocycles. The molecule has 2 aromatic rings. The summed E-state index contributed by atoms with van der Waals surface area (Å²) in [6.07, 6.45) is -1.24. The fourth-order valence-corrected chi connectivity index (χ4v) is 1.64. The van der Waals surface area contributed by atoms with Crippen LogP contribution in [-0.4, -0.2) is 11.0 Å². The lowest BCUT2D eigenvalue weighted by molar-refractivity contribution is -0.126. The van der Waals surface area contributed by atoms with Crippen molar-refractivity contribution in [2.75, 3.05) is 0 Å². The summed E-state index contributed by atoms with van der Waals surface area (Å²) < 4.78 is 0. The smallest absolute Gasteiger partial charge is 0.250 e. The summed E-state index contributed by atoms with van der Waals surface area (Å²) in [5, 5.41) is 11.5. The van der Waals surface area contributed by atoms with Gasteiger partial charge in [-0.2, -0.15) is 0 Å². The monoisotopic (exact) mass is 201 g/mol. The third-order valence-corrected chi connectivity index (χ3v) is 2.39. The molecule has 0 heterocycles. The van der Waals surface area contributed by atoms with Gasteiger partial charge < -0.3 is 10.8 Å². The molecule has 1 unspecified atom stereocenters. The highest BCUT2D eigenvalue weighted by atomic mass is 16.3. The van der Waals surface area contributed by atoms with E-state index in [0.717, 1.165) is 10.8 Å². The predicted octanol–water partition coefficient (Wildman–Crippen LogP) is 1.36. The number of hydrogen-bond donors (Lipinski definition) is 2. The molecule has 0 bridgehead atoms. The number of primary amides is 1. The normalized spacial score (nSPS) is 12.6. The highest BCUT2D eigenvalue weighted by molar-refractivity contribution is 5.91. The molecule has 2 rings (SSSR count). The summed E-state index contributed by atoms with van der Waals surface area (Å²) in [5.74, 6) is -0.730. The van der Waals surface area contributed by atoms with Crippen LogP contribution in [0.4, 0.5) is 0 Å². The maximum absolute atomic E-state index is 10.9. The number of benzene rings is 2. The first-order chi connectivity index (χ1) is 7.20. The largest absolute Gasteiger partial charge is 0.378 e. The Labute approximate surface area is 87.1 Å². The van der Waals surface area contributed by atoms with Crippen LogP contribution in [0, 0.1) is 0 Å². The minimum absolute atomic E-state index is 0.556. The molecule has 3 nitrogen and oxygen atoms in total. The molecule has 0 aliphatic heterocycles. The first kappa shape index (κ1) is 9.68. The fourth-order valence-electron chi connectivity index (χ4n) is 1.64. The zero-order chi connectivity index (χ0) is 10.8. The van der Waals surface area contributed by atoms with E-state index < -0.39 is 12.0 Å². The molecule has 0 saturated heterocycles. The topological polar surface area (TPSA) is 63.3 Å². The van der Waals surface area contributed by atoms with E-state index >= 15 is 0 Å². The van der Waals surface area contributed by atoms with Gasteiger partial charge in [0.05, 0.1) is 0 Å². The molecule has 0 spiro atoms. The van der Waals surface area contributed by atoms with E-state index in [4.69, 9.17) is 5.73 Å². The average molecular weight is 201 g/mol. The Kier molecular flexibility index (Phi) is 2.39. The number of rotatable bonds is 2. The second kappa shape index (κ2) is 3.71. The Morgan fingerprint density at radius 3 is 2.53 bits per heavy atom. The molecule has 1 atom stereocenters. The lowest BCUT2D eigenvalue weighted by Crippen LogP contribution is -2.20. The van der Waals surface area contributed by atoms with E-state index in [-0.39, 0.29) is 0 Å². The summed E-state index contributed by atoms with van der Waals surface area (Å²) in [7, 11) is 0. The summed E-state index contributed by atoms with van der Waals surface area (Å²) in [6, 6.07) is 13.0. The van der Waals surface area contributed by atoms with Crippen molar-refractivity contribution in [2.45, 2.75) is 6.10 Å². The predicted molar refractivity (Wildman–Crippen MR) is 58.1 cm³/mol. The molecule has 1 amide bonds. The number of fused-ring (bicyclic) bond motifs is 1. The van der Waals surface area contributed by atoms with Gasteiger partial charge in [0.1, 0.15) is 0 Å². The van der Waals surface area contributed by atoms with E-state index in [9.17, 15) is 9.90 Å². The number of aliphatic hydroxyl groups excluding tert-OH is 1. The van der Waals surface area contributed by atoms with Crippen molar-refractivity contribution in [3.05, 3.63) is 48.0 Å². The number of carbonyl (C=O) groups excluding carboxylic acids is 1. The van der Waals surface area contributed by atoms with Crippen LogP contribution < -0.4 is 5.73 Å². The van der Waals surface area contributed by atoms with Crippen molar-refractivity contribution < 1.29 is 9.90 Å². The summed E-state index contributed by atoms with van der Waals surface area (Å²) in [6.45, 7) is 0. The number of aliphatic hydroxyl groups is 1. The molecule has 76 valence electrons. The molecule has 0 aliphatic rings. The highest BCUT2D eigenvalue weighted by Crippen LogP contribution is 2.23. The summed E-state index contributed by atoms with van der Waals surface area (Å²) in [5.41, 5.74) is 5.63. The second-order valence-corrected chi connectivity index (χ2v) is 3.37. The van der Waals surface area contributed by atoms with E-state index in [2.05, 4.69) is 0 Å². The van der Waals surface area contributed by atoms with Crippen LogP contribution >= 0.6 is 0 Å². The van der Waals surface area contributed by atoms with E-state index in [1.807, 2.05) is 30.3 Å². The van der Waals surface area contributed by atoms with E-state index in [1.54, 1.807) is 12.1 Å². The van der Waals surface area contributed by atoms with Crippen LogP contribution in [0.3, 0.4) is 0 Å². The van der Waals surface area contributed by atoms with Gasteiger partial charge >= 0.3 is 0 Å². The van der Waals surface area contributed by atoms with Gasteiger partial charge in [-0.15, -0.1) is 0 Å². The van der Waals surface area contributed by atoms with Crippen molar-refractivity contribution in [1.82, 2.24) is 0 Å². The first-order valence-electron chi connectivity index (χ1n) is 4.65. The van der Waals surface area contributed by atoms with Gasteiger partial charge in [0.25, 0.3) is 5.91 Å². The van der Waals surface area contributed by atoms with Crippen LogP contribution in [0.2, 0.25) is 0 Å². The lowest BCUT2D eigenvalue weighted by Gasteiger charge is -2.09. The van der Waals surface area contributed by atoms with Gasteiger partial charge in [-0.05, 0) is 16.3 Å². The third-order valence-electron chi connectivity index (χ3n) is 2.39. The summed E-state index contributed by atoms with van der Waals surface area (Å²) >= 11 is 0. The molecule has 3 heteroatoms. The molecule has 0 fully saturated rings. The van der Waals surface area contributed by atoms with Gasteiger partial charge in [0.15, 0.2) is 6.10 Å². The molecule has 2 aromatic carbocycles. The molecule has 0 radical (unpaired) electrons. The average Bonchev–Trinajstić information content (AvgIpc) is 2.27. The minimum Gasteiger partial charge on any atom is -0.378 e. The van der Waals surface area contributed by atoms with Gasteiger partial charge in [-0.1, -0.05) is 42.5 Å². The van der Waals surface area contributed by atoms with Crippen molar-refractivity contribution in [2.24, 2.45) is 5.73 Å². The molecule has 15 heavy (non-hydrogen) atoms. The highest BCUT2D eigenvalue weighted by Gasteiger charge is 2.15. The molecular formula is C12H11NO2. The lowest BCUT2D eigenvalue weighted by atomic mass is 10.0. The minimum atomic E-state index is -1.24. The van der Waals surface area contributed by atoms with Crippen LogP contribution in [0.15, 0.2) is 42.5 Å². The molecular weight excluding hydrogens is 190 g/mol. The van der Waals surface area contributed by atoms with Gasteiger partial charge in [-0.25, -0.2) is 0 Å². The van der Waals surface area contributed by atoms with Gasteiger partial charge in [0.2, 0.25) is 0 Å². The Morgan fingerprint density at radius 1 is 1.13 bits per heavy atom. The SMILES string of the molecule is NC(=O)C(O)c1cccc2ccccc12. The number of amides is 1. The quantitative estimate of drug-likeness (QED) is 0.770. The van der Waals surface area contributed by atoms with E-state index in [0.29, 0.717) is 5.56 Å². The van der Waals surface area contributed by atoms with Crippen LogP contribution in [-0.2, 0) is 4.79 Å². The van der Waals surface area contributed by atoms with Crippen LogP contribution in [0.5, 0.6) is 0 Å². The van der Waals surface area contributed by atoms with Gasteiger partial charge in [0, 0.05) is 0 Å². The Bertz CT molecular complexity index is 502. The van der Waals surface area contributed by atoms with E-state index in [1.165, 1.54) is 0 Å². The van der Waals surface area contributed by atoms with Crippen LogP contribution in [0.1, 0.15) is 11.7 Å². The molecule has 0 saturated carbocycles. The molecule has 3 N–H and O–H groups in total. The Morgan fingerprint density at radius 2 is 1.80 bits per heavy atom. The Hall–Kier alpha value is -1.87. The number of carbonyl (C=O) groups is 1. The van der Waals surface area contributed by atoms with Crippen molar-refractivity contribution in [1.29, 1.82) is 0 Å². The van der Waals surface area contributed by atoms with Crippen molar-refractivity contribution in [3.63, 3.8) is 0 Å². The summed E-state index contributed by atoms with van der Waals surface area (Å²) in [4.78, 5) is 10.9. The maximum Gasteiger partial charge on any atom is 0.250 e.